The lowest BCUT2D eigenvalue weighted by Gasteiger charge is -2.24. The SMILES string of the molecule is CO[C@@H]1O[C@H](CI)[C@]2(O)C(C)(C)[C@]12O. The van der Waals surface area contributed by atoms with E-state index in [1.54, 1.807) is 0 Å². The van der Waals surface area contributed by atoms with Crippen LogP contribution in [0.15, 0.2) is 0 Å². The third kappa shape index (κ3) is 0.810. The second-order valence-corrected chi connectivity index (χ2v) is 5.39. The number of halogens is 1. The second kappa shape index (κ2) is 2.82. The minimum absolute atomic E-state index is 0.354. The lowest BCUT2D eigenvalue weighted by atomic mass is 10.0. The Hall–Kier alpha value is 0.570. The van der Waals surface area contributed by atoms with Gasteiger partial charge in [0.05, 0.1) is 0 Å². The first-order chi connectivity index (χ1) is 6.37. The van der Waals surface area contributed by atoms with Gasteiger partial charge in [-0.3, -0.25) is 0 Å². The fraction of sp³-hybridized carbons (Fsp3) is 1.00. The van der Waals surface area contributed by atoms with E-state index in [1.165, 1.54) is 7.11 Å². The Balaban J connectivity index is 2.37. The zero-order valence-electron chi connectivity index (χ0n) is 8.45. The van der Waals surface area contributed by atoms with Gasteiger partial charge in [-0.15, -0.1) is 0 Å². The summed E-state index contributed by atoms with van der Waals surface area (Å²) in [7, 11) is 1.48. The topological polar surface area (TPSA) is 58.9 Å². The molecule has 0 amide bonds. The van der Waals surface area contributed by atoms with Crippen molar-refractivity contribution in [3.8, 4) is 0 Å². The van der Waals surface area contributed by atoms with Crippen LogP contribution >= 0.6 is 22.6 Å². The normalized spacial score (nSPS) is 54.4. The maximum absolute atomic E-state index is 10.4. The number of aliphatic hydroxyl groups is 2. The molecular formula is C9H15IO4. The van der Waals surface area contributed by atoms with Crippen molar-refractivity contribution in [2.75, 3.05) is 11.5 Å². The molecule has 0 spiro atoms. The molecule has 0 aromatic heterocycles. The predicted octanol–water partition coefficient (Wildman–Crippen LogP) is 0.295. The molecule has 0 bridgehead atoms. The Morgan fingerprint density at radius 1 is 1.36 bits per heavy atom. The average molecular weight is 314 g/mol. The lowest BCUT2D eigenvalue weighted by molar-refractivity contribution is -0.190. The van der Waals surface area contributed by atoms with Gasteiger partial charge in [-0.2, -0.15) is 0 Å². The molecular weight excluding hydrogens is 299 g/mol. The van der Waals surface area contributed by atoms with Gasteiger partial charge in [0, 0.05) is 17.0 Å². The number of methoxy groups -OCH3 is 1. The van der Waals surface area contributed by atoms with Crippen LogP contribution < -0.4 is 0 Å². The van der Waals surface area contributed by atoms with Gasteiger partial charge in [0.15, 0.2) is 11.9 Å². The van der Waals surface area contributed by atoms with Crippen molar-refractivity contribution < 1.29 is 19.7 Å². The summed E-state index contributed by atoms with van der Waals surface area (Å²) in [6.07, 6.45) is -1.07. The first-order valence-electron chi connectivity index (χ1n) is 4.57. The molecule has 4 atom stereocenters. The summed E-state index contributed by atoms with van der Waals surface area (Å²) in [6.45, 7) is 3.67. The average Bonchev–Trinajstić information content (AvgIpc) is 2.42. The number of fused-ring (bicyclic) bond motifs is 1. The van der Waals surface area contributed by atoms with Crippen LogP contribution in [0.1, 0.15) is 13.8 Å². The van der Waals surface area contributed by atoms with E-state index < -0.39 is 22.9 Å². The number of hydrogen-bond acceptors (Lipinski definition) is 4. The van der Waals surface area contributed by atoms with Crippen molar-refractivity contribution in [3.05, 3.63) is 0 Å². The van der Waals surface area contributed by atoms with Crippen LogP contribution in [0.25, 0.3) is 0 Å². The maximum atomic E-state index is 10.4. The van der Waals surface area contributed by atoms with Crippen molar-refractivity contribution in [3.63, 3.8) is 0 Å². The first-order valence-corrected chi connectivity index (χ1v) is 6.09. The molecule has 5 heteroatoms. The molecule has 1 aliphatic carbocycles. The van der Waals surface area contributed by atoms with Crippen LogP contribution in [-0.2, 0) is 9.47 Å². The van der Waals surface area contributed by atoms with E-state index in [0.717, 1.165) is 0 Å². The predicted molar refractivity (Wildman–Crippen MR) is 58.2 cm³/mol. The summed E-state index contributed by atoms with van der Waals surface area (Å²) in [5.41, 5.74) is -2.98. The monoisotopic (exact) mass is 314 g/mol. The molecule has 0 aromatic carbocycles. The van der Waals surface area contributed by atoms with Gasteiger partial charge >= 0.3 is 0 Å². The Labute approximate surface area is 96.7 Å². The van der Waals surface area contributed by atoms with Gasteiger partial charge in [-0.05, 0) is 0 Å². The molecule has 2 rings (SSSR count). The highest BCUT2D eigenvalue weighted by atomic mass is 127. The van der Waals surface area contributed by atoms with E-state index in [0.29, 0.717) is 4.43 Å². The number of hydrogen-bond donors (Lipinski definition) is 2. The Morgan fingerprint density at radius 3 is 2.21 bits per heavy atom. The van der Waals surface area contributed by atoms with Gasteiger partial charge < -0.3 is 19.7 Å². The van der Waals surface area contributed by atoms with Crippen molar-refractivity contribution in [2.24, 2.45) is 5.41 Å². The Morgan fingerprint density at radius 2 is 1.93 bits per heavy atom. The van der Waals surface area contributed by atoms with Crippen molar-refractivity contribution in [2.45, 2.75) is 37.4 Å². The van der Waals surface area contributed by atoms with E-state index >= 15 is 0 Å². The summed E-state index contributed by atoms with van der Waals surface area (Å²) >= 11 is 2.14. The molecule has 2 N–H and O–H groups in total. The van der Waals surface area contributed by atoms with Crippen LogP contribution in [0.3, 0.4) is 0 Å². The summed E-state index contributed by atoms with van der Waals surface area (Å²) in [6, 6.07) is 0. The zero-order valence-corrected chi connectivity index (χ0v) is 10.6. The van der Waals surface area contributed by atoms with Gasteiger partial charge in [0.25, 0.3) is 0 Å². The van der Waals surface area contributed by atoms with E-state index in [2.05, 4.69) is 22.6 Å². The van der Waals surface area contributed by atoms with Crippen LogP contribution in [0.2, 0.25) is 0 Å². The maximum Gasteiger partial charge on any atom is 0.190 e. The number of rotatable bonds is 2. The summed E-state index contributed by atoms with van der Waals surface area (Å²) < 4.78 is 11.1. The second-order valence-electron chi connectivity index (χ2n) is 4.50. The smallest absolute Gasteiger partial charge is 0.190 e. The molecule has 1 heterocycles. The van der Waals surface area contributed by atoms with Crippen LogP contribution in [-0.4, -0.2) is 45.3 Å². The minimum Gasteiger partial charge on any atom is -0.383 e. The standard InChI is InChI=1S/C9H15IO4/c1-7(2)8(11)5(4-10)14-6(13-3)9(7,8)12/h5-6,11-12H,4H2,1-3H3/t5-,6-,8+,9-/m1/s1. The molecule has 0 aromatic rings. The minimum atomic E-state index is -1.26. The highest BCUT2D eigenvalue weighted by Gasteiger charge is 2.92. The van der Waals surface area contributed by atoms with E-state index in [1.807, 2.05) is 13.8 Å². The molecule has 1 saturated heterocycles. The third-order valence-electron chi connectivity index (χ3n) is 3.87. The lowest BCUT2D eigenvalue weighted by Crippen LogP contribution is -2.35. The van der Waals surface area contributed by atoms with Gasteiger partial charge in [-0.1, -0.05) is 36.4 Å². The molecule has 82 valence electrons. The van der Waals surface area contributed by atoms with Crippen molar-refractivity contribution in [1.82, 2.24) is 0 Å². The van der Waals surface area contributed by atoms with Crippen LogP contribution in [0.4, 0.5) is 0 Å². The highest BCUT2D eigenvalue weighted by Crippen LogP contribution is 2.72. The van der Waals surface area contributed by atoms with Gasteiger partial charge in [0.1, 0.15) is 11.7 Å². The highest BCUT2D eigenvalue weighted by molar-refractivity contribution is 14.1. The zero-order chi connectivity index (χ0) is 10.8. The van der Waals surface area contributed by atoms with Crippen LogP contribution in [0.5, 0.6) is 0 Å². The Kier molecular flexibility index (Phi) is 2.23. The van der Waals surface area contributed by atoms with Gasteiger partial charge in [-0.25, -0.2) is 0 Å². The third-order valence-corrected chi connectivity index (χ3v) is 4.67. The molecule has 0 unspecified atom stereocenters. The molecule has 14 heavy (non-hydrogen) atoms. The molecule has 2 fully saturated rings. The fourth-order valence-electron chi connectivity index (χ4n) is 2.74. The van der Waals surface area contributed by atoms with E-state index in [9.17, 15) is 10.2 Å². The van der Waals surface area contributed by atoms with Crippen molar-refractivity contribution in [1.29, 1.82) is 0 Å². The van der Waals surface area contributed by atoms with Gasteiger partial charge in [0.2, 0.25) is 0 Å². The van der Waals surface area contributed by atoms with Crippen molar-refractivity contribution >= 4 is 22.6 Å². The fourth-order valence-corrected chi connectivity index (χ4v) is 3.58. The van der Waals surface area contributed by atoms with Crippen LogP contribution in [0, 0.1) is 5.41 Å². The molecule has 0 radical (unpaired) electrons. The number of alkyl halides is 1. The van der Waals surface area contributed by atoms with E-state index in [-0.39, 0.29) is 6.10 Å². The Bertz CT molecular complexity index is 246. The summed E-state index contributed by atoms with van der Waals surface area (Å²) in [5, 5.41) is 20.7. The first kappa shape index (κ1) is 11.1. The number of ether oxygens (including phenoxy) is 2. The molecule has 2 aliphatic rings. The molecule has 1 aliphatic heterocycles. The largest absolute Gasteiger partial charge is 0.383 e. The van der Waals surface area contributed by atoms with E-state index in [4.69, 9.17) is 9.47 Å². The molecule has 4 nitrogen and oxygen atoms in total. The molecule has 1 saturated carbocycles. The quantitative estimate of drug-likeness (QED) is 0.568. The summed E-state index contributed by atoms with van der Waals surface area (Å²) in [5.74, 6) is 0. The summed E-state index contributed by atoms with van der Waals surface area (Å²) in [4.78, 5) is 0.